The summed E-state index contributed by atoms with van der Waals surface area (Å²) in [5, 5.41) is 10.8. The van der Waals surface area contributed by atoms with E-state index >= 15 is 0 Å². The summed E-state index contributed by atoms with van der Waals surface area (Å²) >= 11 is 6.01. The van der Waals surface area contributed by atoms with Gasteiger partial charge in [0.05, 0.1) is 16.9 Å². The summed E-state index contributed by atoms with van der Waals surface area (Å²) in [4.78, 5) is 24.3. The van der Waals surface area contributed by atoms with Crippen molar-refractivity contribution in [2.75, 3.05) is 0 Å². The second-order valence-electron chi connectivity index (χ2n) is 4.10. The van der Waals surface area contributed by atoms with Crippen LogP contribution in [0.15, 0.2) is 29.2 Å². The molecule has 0 unspecified atom stereocenters. The van der Waals surface area contributed by atoms with Crippen LogP contribution >= 0.6 is 24.0 Å². The monoisotopic (exact) mass is 310 g/mol. The summed E-state index contributed by atoms with van der Waals surface area (Å²) in [5.74, 6) is -2.23. The largest absolute Gasteiger partial charge is 0.548 e. The summed E-state index contributed by atoms with van der Waals surface area (Å²) in [7, 11) is 0. The highest BCUT2D eigenvalue weighted by Gasteiger charge is 2.35. The Labute approximate surface area is 124 Å². The fourth-order valence-electron chi connectivity index (χ4n) is 1.63. The molecule has 0 N–H and O–H groups in total. The summed E-state index contributed by atoms with van der Waals surface area (Å²) < 4.78 is 13.0. The third-order valence-corrected chi connectivity index (χ3v) is 4.05. The number of aliphatic carboxylic acids is 1. The van der Waals surface area contributed by atoms with Crippen molar-refractivity contribution < 1.29 is 19.1 Å². The van der Waals surface area contributed by atoms with Crippen LogP contribution in [-0.4, -0.2) is 27.1 Å². The number of carboxylic acid groups (broad SMARTS) is 1. The Hall–Kier alpha value is -1.73. The molecule has 1 saturated heterocycles. The number of hydrogen-bond donors (Lipinski definition) is 0. The van der Waals surface area contributed by atoms with E-state index in [0.717, 1.165) is 16.7 Å². The first-order chi connectivity index (χ1) is 9.40. The second-order valence-corrected chi connectivity index (χ2v) is 5.77. The maximum Gasteiger partial charge on any atom is 0.266 e. The topological polar surface area (TPSA) is 60.4 Å². The van der Waals surface area contributed by atoms with Crippen LogP contribution in [0.2, 0.25) is 0 Å². The van der Waals surface area contributed by atoms with Crippen molar-refractivity contribution in [2.24, 2.45) is 0 Å². The third-order valence-electron chi connectivity index (χ3n) is 2.72. The molecule has 4 nitrogen and oxygen atoms in total. The molecule has 1 aliphatic rings. The molecule has 1 heterocycles. The number of hydrogen-bond acceptors (Lipinski definition) is 5. The SMILES string of the molecule is C[C@H](C(=O)[O-])N1C(=O)C(=Cc2ccc(F)cc2)SC1=S. The van der Waals surface area contributed by atoms with E-state index in [1.807, 2.05) is 0 Å². The van der Waals surface area contributed by atoms with Crippen molar-refractivity contribution in [1.82, 2.24) is 4.90 Å². The molecule has 1 aliphatic heterocycles. The molecule has 7 heteroatoms. The van der Waals surface area contributed by atoms with Gasteiger partial charge in [0.25, 0.3) is 5.91 Å². The van der Waals surface area contributed by atoms with Crippen molar-refractivity contribution in [1.29, 1.82) is 0 Å². The summed E-state index contributed by atoms with van der Waals surface area (Å²) in [6, 6.07) is 4.46. The van der Waals surface area contributed by atoms with Gasteiger partial charge in [0.2, 0.25) is 0 Å². The standard InChI is InChI=1S/C13H10FNO3S2/c1-7(12(17)18)15-11(16)10(20-13(15)19)6-8-2-4-9(14)5-3-8/h2-7H,1H3,(H,17,18)/p-1/t7-/m1/s1. The lowest BCUT2D eigenvalue weighted by atomic mass is 10.2. The average Bonchev–Trinajstić information content (AvgIpc) is 2.66. The van der Waals surface area contributed by atoms with Crippen LogP contribution in [0.4, 0.5) is 4.39 Å². The molecular weight excluding hydrogens is 301 g/mol. The Morgan fingerprint density at radius 3 is 2.60 bits per heavy atom. The molecule has 0 bridgehead atoms. The van der Waals surface area contributed by atoms with E-state index in [-0.39, 0.29) is 10.1 Å². The number of carboxylic acids is 1. The van der Waals surface area contributed by atoms with Crippen LogP contribution in [0.3, 0.4) is 0 Å². The fraction of sp³-hybridized carbons (Fsp3) is 0.154. The number of amides is 1. The van der Waals surface area contributed by atoms with E-state index in [1.54, 1.807) is 6.08 Å². The number of nitrogens with zero attached hydrogens (tertiary/aromatic N) is 1. The highest BCUT2D eigenvalue weighted by molar-refractivity contribution is 8.26. The molecular formula is C13H9FNO3S2-. The van der Waals surface area contributed by atoms with Gasteiger partial charge in [0, 0.05) is 0 Å². The van der Waals surface area contributed by atoms with E-state index in [4.69, 9.17) is 12.2 Å². The minimum absolute atomic E-state index is 0.167. The van der Waals surface area contributed by atoms with Crippen LogP contribution < -0.4 is 5.11 Å². The summed E-state index contributed by atoms with van der Waals surface area (Å²) in [6.45, 7) is 1.33. The highest BCUT2D eigenvalue weighted by atomic mass is 32.2. The van der Waals surface area contributed by atoms with E-state index in [1.165, 1.54) is 31.2 Å². The first kappa shape index (κ1) is 14.7. The van der Waals surface area contributed by atoms with Gasteiger partial charge in [-0.15, -0.1) is 0 Å². The number of thiocarbonyl (C=S) groups is 1. The van der Waals surface area contributed by atoms with Crippen LogP contribution in [-0.2, 0) is 9.59 Å². The molecule has 0 saturated carbocycles. The Kier molecular flexibility index (Phi) is 4.20. The normalized spacial score (nSPS) is 18.7. The van der Waals surface area contributed by atoms with E-state index in [2.05, 4.69) is 0 Å². The Morgan fingerprint density at radius 1 is 1.45 bits per heavy atom. The smallest absolute Gasteiger partial charge is 0.266 e. The maximum absolute atomic E-state index is 12.8. The Balaban J connectivity index is 2.28. The number of rotatable bonds is 3. The lowest BCUT2D eigenvalue weighted by Crippen LogP contribution is -2.48. The first-order valence-electron chi connectivity index (χ1n) is 5.63. The molecule has 2 rings (SSSR count). The summed E-state index contributed by atoms with van der Waals surface area (Å²) in [5.41, 5.74) is 0.632. The minimum atomic E-state index is -1.37. The molecule has 0 aliphatic carbocycles. The number of thioether (sulfide) groups is 1. The maximum atomic E-state index is 12.8. The predicted octanol–water partition coefficient (Wildman–Crippen LogP) is 1.17. The zero-order valence-corrected chi connectivity index (χ0v) is 12.0. The number of carbonyl (C=O) groups is 2. The van der Waals surface area contributed by atoms with E-state index < -0.39 is 17.9 Å². The van der Waals surface area contributed by atoms with Gasteiger partial charge in [0.15, 0.2) is 0 Å². The Morgan fingerprint density at radius 2 is 2.05 bits per heavy atom. The van der Waals surface area contributed by atoms with E-state index in [9.17, 15) is 19.1 Å². The molecule has 104 valence electrons. The van der Waals surface area contributed by atoms with Crippen LogP contribution in [0.25, 0.3) is 6.08 Å². The van der Waals surface area contributed by atoms with Gasteiger partial charge in [0.1, 0.15) is 10.1 Å². The Bertz CT molecular complexity index is 613. The van der Waals surface area contributed by atoms with Crippen LogP contribution in [0, 0.1) is 5.82 Å². The predicted molar refractivity (Wildman–Crippen MR) is 75.9 cm³/mol. The lowest BCUT2D eigenvalue weighted by Gasteiger charge is -2.23. The lowest BCUT2D eigenvalue weighted by molar-refractivity contribution is -0.309. The third kappa shape index (κ3) is 2.88. The molecule has 1 amide bonds. The number of halogens is 1. The van der Waals surface area contributed by atoms with Crippen molar-refractivity contribution in [2.45, 2.75) is 13.0 Å². The zero-order valence-electron chi connectivity index (χ0n) is 10.3. The van der Waals surface area contributed by atoms with Crippen molar-refractivity contribution >= 4 is 46.3 Å². The first-order valence-corrected chi connectivity index (χ1v) is 6.86. The van der Waals surface area contributed by atoms with Gasteiger partial charge in [-0.25, -0.2) is 4.39 Å². The van der Waals surface area contributed by atoms with Crippen molar-refractivity contribution in [3.63, 3.8) is 0 Å². The number of carbonyl (C=O) groups excluding carboxylic acids is 2. The van der Waals surface area contributed by atoms with Gasteiger partial charge < -0.3 is 9.90 Å². The van der Waals surface area contributed by atoms with Gasteiger partial charge in [-0.2, -0.15) is 0 Å². The molecule has 0 radical (unpaired) electrons. The van der Waals surface area contributed by atoms with Crippen molar-refractivity contribution in [3.8, 4) is 0 Å². The fourth-order valence-corrected chi connectivity index (χ4v) is 3.05. The van der Waals surface area contributed by atoms with Gasteiger partial charge in [-0.1, -0.05) is 36.1 Å². The quantitative estimate of drug-likeness (QED) is 0.619. The molecule has 20 heavy (non-hydrogen) atoms. The van der Waals surface area contributed by atoms with Gasteiger partial charge in [-0.05, 0) is 30.7 Å². The second kappa shape index (κ2) is 5.72. The average molecular weight is 310 g/mol. The minimum Gasteiger partial charge on any atom is -0.548 e. The highest BCUT2D eigenvalue weighted by Crippen LogP contribution is 2.33. The molecule has 1 aromatic rings. The molecule has 1 atom stereocenters. The van der Waals surface area contributed by atoms with Gasteiger partial charge >= 0.3 is 0 Å². The number of benzene rings is 1. The molecule has 0 aromatic heterocycles. The van der Waals surface area contributed by atoms with Crippen LogP contribution in [0.1, 0.15) is 12.5 Å². The van der Waals surface area contributed by atoms with E-state index in [0.29, 0.717) is 10.5 Å². The van der Waals surface area contributed by atoms with Crippen LogP contribution in [0.5, 0.6) is 0 Å². The molecule has 1 fully saturated rings. The molecule has 1 aromatic carbocycles. The van der Waals surface area contributed by atoms with Gasteiger partial charge in [-0.3, -0.25) is 9.69 Å². The molecule has 0 spiro atoms. The summed E-state index contributed by atoms with van der Waals surface area (Å²) in [6.07, 6.45) is 1.54. The zero-order chi connectivity index (χ0) is 14.9. The van der Waals surface area contributed by atoms with Crippen molar-refractivity contribution in [3.05, 3.63) is 40.6 Å².